The van der Waals surface area contributed by atoms with E-state index in [0.717, 1.165) is 6.29 Å². The maximum absolute atomic E-state index is 10.4. The number of hydrogen-bond acceptors (Lipinski definition) is 3. The van der Waals surface area contributed by atoms with Crippen molar-refractivity contribution >= 4 is 12.4 Å². The van der Waals surface area contributed by atoms with Crippen LogP contribution in [0.5, 0.6) is 0 Å². The van der Waals surface area contributed by atoms with Gasteiger partial charge in [-0.05, 0) is 6.42 Å². The molecule has 0 aliphatic heterocycles. The normalized spacial score (nSPS) is 10.8. The Morgan fingerprint density at radius 1 is 1.58 bits per heavy atom. The first-order chi connectivity index (χ1) is 5.48. The molecule has 0 aromatic heterocycles. The number of nitrogens with one attached hydrogen (secondary N) is 2. The van der Waals surface area contributed by atoms with Crippen molar-refractivity contribution < 1.29 is 14.7 Å². The Morgan fingerprint density at radius 3 is 2.58 bits per heavy atom. The van der Waals surface area contributed by atoms with Gasteiger partial charge < -0.3 is 9.90 Å². The lowest BCUT2D eigenvalue weighted by Gasteiger charge is -2.16. The van der Waals surface area contributed by atoms with Gasteiger partial charge >= 0.3 is 6.09 Å². The maximum Gasteiger partial charge on any atom is 0.419 e. The summed E-state index contributed by atoms with van der Waals surface area (Å²) in [5, 5.41) is 8.16. The summed E-state index contributed by atoms with van der Waals surface area (Å²) in [6.45, 7) is 4.03. The summed E-state index contributed by atoms with van der Waals surface area (Å²) in [7, 11) is 0. The quantitative estimate of drug-likeness (QED) is 0.320. The van der Waals surface area contributed by atoms with Crippen molar-refractivity contribution in [2.45, 2.75) is 20.3 Å². The van der Waals surface area contributed by atoms with Gasteiger partial charge in [0.05, 0.1) is 0 Å². The number of amides is 1. The third-order valence-corrected chi connectivity index (χ3v) is 1.41. The fourth-order valence-electron chi connectivity index (χ4n) is 0.582. The molecule has 1 amide bonds. The van der Waals surface area contributed by atoms with Crippen LogP contribution in [-0.2, 0) is 4.79 Å². The first-order valence-electron chi connectivity index (χ1n) is 3.66. The molecule has 12 heavy (non-hydrogen) atoms. The smallest absolute Gasteiger partial charge is 0.419 e. The highest BCUT2D eigenvalue weighted by Gasteiger charge is 2.15. The lowest BCUT2D eigenvalue weighted by Crippen LogP contribution is -2.38. The number of carboxylic acid groups (broad SMARTS) is 1. The van der Waals surface area contributed by atoms with Crippen molar-refractivity contribution in [2.75, 3.05) is 6.54 Å². The minimum Gasteiger partial charge on any atom is -0.464 e. The SMILES string of the molecule is CC(C)(C=O)CCNNC(=O)O. The molecule has 0 aromatic carbocycles. The average Bonchev–Trinajstić information content (AvgIpc) is 1.98. The van der Waals surface area contributed by atoms with E-state index >= 15 is 0 Å². The molecular weight excluding hydrogens is 160 g/mol. The molecule has 5 nitrogen and oxygen atoms in total. The first kappa shape index (κ1) is 10.9. The van der Waals surface area contributed by atoms with Crippen molar-refractivity contribution in [3.63, 3.8) is 0 Å². The Morgan fingerprint density at radius 2 is 2.17 bits per heavy atom. The largest absolute Gasteiger partial charge is 0.464 e. The molecule has 0 aliphatic carbocycles. The van der Waals surface area contributed by atoms with Crippen LogP contribution in [0.1, 0.15) is 20.3 Å². The number of hydrazine groups is 1. The maximum atomic E-state index is 10.4. The Balaban J connectivity index is 3.43. The summed E-state index contributed by atoms with van der Waals surface area (Å²) in [6, 6.07) is 0. The summed E-state index contributed by atoms with van der Waals surface area (Å²) in [6.07, 6.45) is 0.325. The van der Waals surface area contributed by atoms with E-state index in [-0.39, 0.29) is 0 Å². The van der Waals surface area contributed by atoms with Crippen LogP contribution >= 0.6 is 0 Å². The molecule has 0 aliphatic rings. The Hall–Kier alpha value is -1.10. The fraction of sp³-hybridized carbons (Fsp3) is 0.714. The van der Waals surface area contributed by atoms with Gasteiger partial charge in [0.15, 0.2) is 0 Å². The fourth-order valence-corrected chi connectivity index (χ4v) is 0.582. The molecular formula is C7H14N2O3. The molecule has 0 aromatic rings. The zero-order valence-electron chi connectivity index (χ0n) is 7.26. The molecule has 0 unspecified atom stereocenters. The topological polar surface area (TPSA) is 78.4 Å². The second-order valence-corrected chi connectivity index (χ2v) is 3.21. The van der Waals surface area contributed by atoms with E-state index in [2.05, 4.69) is 5.43 Å². The number of carbonyl (C=O) groups is 2. The van der Waals surface area contributed by atoms with Crippen molar-refractivity contribution in [1.29, 1.82) is 0 Å². The third kappa shape index (κ3) is 5.67. The van der Waals surface area contributed by atoms with Crippen LogP contribution in [-0.4, -0.2) is 24.0 Å². The predicted octanol–water partition coefficient (Wildman–Crippen LogP) is 0.374. The summed E-state index contributed by atoms with van der Waals surface area (Å²) < 4.78 is 0. The monoisotopic (exact) mass is 174 g/mol. The van der Waals surface area contributed by atoms with Crippen LogP contribution in [0.4, 0.5) is 4.79 Å². The Kier molecular flexibility index (Phi) is 4.28. The summed E-state index contributed by atoms with van der Waals surface area (Å²) in [5.41, 5.74) is 4.06. The minimum atomic E-state index is -1.13. The second kappa shape index (κ2) is 4.71. The van der Waals surface area contributed by atoms with Crippen molar-refractivity contribution in [1.82, 2.24) is 10.9 Å². The molecule has 0 radical (unpaired) electrons. The molecule has 0 bridgehead atoms. The number of rotatable bonds is 5. The highest BCUT2D eigenvalue weighted by atomic mass is 16.4. The molecule has 0 heterocycles. The number of carbonyl (C=O) groups excluding carboxylic acids is 1. The third-order valence-electron chi connectivity index (χ3n) is 1.41. The summed E-state index contributed by atoms with van der Waals surface area (Å²) in [4.78, 5) is 20.3. The number of aldehydes is 1. The van der Waals surface area contributed by atoms with Gasteiger partial charge in [-0.15, -0.1) is 0 Å². The number of hydrogen-bond donors (Lipinski definition) is 3. The molecule has 0 saturated carbocycles. The van der Waals surface area contributed by atoms with Gasteiger partial charge in [-0.2, -0.15) is 0 Å². The molecule has 0 saturated heterocycles. The van der Waals surface area contributed by atoms with Crippen molar-refractivity contribution in [3.05, 3.63) is 0 Å². The molecule has 3 N–H and O–H groups in total. The van der Waals surface area contributed by atoms with Gasteiger partial charge in [0.25, 0.3) is 0 Å². The van der Waals surface area contributed by atoms with Crippen molar-refractivity contribution in [3.8, 4) is 0 Å². The Bertz CT molecular complexity index is 168. The zero-order chi connectivity index (χ0) is 9.61. The second-order valence-electron chi connectivity index (χ2n) is 3.21. The van der Waals surface area contributed by atoms with Gasteiger partial charge in [0, 0.05) is 12.0 Å². The van der Waals surface area contributed by atoms with Gasteiger partial charge in [-0.25, -0.2) is 10.2 Å². The summed E-state index contributed by atoms with van der Waals surface area (Å²) in [5.74, 6) is 0. The molecule has 0 fully saturated rings. The van der Waals surface area contributed by atoms with E-state index in [0.29, 0.717) is 13.0 Å². The van der Waals surface area contributed by atoms with Gasteiger partial charge in [0.1, 0.15) is 6.29 Å². The first-order valence-corrected chi connectivity index (χ1v) is 3.66. The summed E-state index contributed by atoms with van der Waals surface area (Å²) >= 11 is 0. The van der Waals surface area contributed by atoms with Crippen LogP contribution in [0.2, 0.25) is 0 Å². The van der Waals surface area contributed by atoms with Gasteiger partial charge in [-0.3, -0.25) is 5.43 Å². The van der Waals surface area contributed by atoms with Crippen LogP contribution in [0, 0.1) is 5.41 Å². The molecule has 5 heteroatoms. The molecule has 70 valence electrons. The lowest BCUT2D eigenvalue weighted by atomic mass is 9.92. The van der Waals surface area contributed by atoms with Crippen molar-refractivity contribution in [2.24, 2.45) is 5.41 Å². The van der Waals surface area contributed by atoms with E-state index in [1.165, 1.54) is 0 Å². The van der Waals surface area contributed by atoms with Crippen LogP contribution < -0.4 is 10.9 Å². The minimum absolute atomic E-state index is 0.396. The van der Waals surface area contributed by atoms with E-state index in [1.807, 2.05) is 5.43 Å². The lowest BCUT2D eigenvalue weighted by molar-refractivity contribution is -0.114. The predicted molar refractivity (Wildman–Crippen MR) is 43.6 cm³/mol. The highest BCUT2D eigenvalue weighted by molar-refractivity contribution is 5.63. The zero-order valence-corrected chi connectivity index (χ0v) is 7.26. The van der Waals surface area contributed by atoms with E-state index in [4.69, 9.17) is 5.11 Å². The van der Waals surface area contributed by atoms with Gasteiger partial charge in [-0.1, -0.05) is 13.8 Å². The van der Waals surface area contributed by atoms with E-state index < -0.39 is 11.5 Å². The Labute approximate surface area is 71.1 Å². The van der Waals surface area contributed by atoms with E-state index in [1.54, 1.807) is 13.8 Å². The molecule has 0 rings (SSSR count). The van der Waals surface area contributed by atoms with Crippen LogP contribution in [0.25, 0.3) is 0 Å². The van der Waals surface area contributed by atoms with Crippen LogP contribution in [0.15, 0.2) is 0 Å². The highest BCUT2D eigenvalue weighted by Crippen LogP contribution is 2.14. The van der Waals surface area contributed by atoms with Crippen LogP contribution in [0.3, 0.4) is 0 Å². The van der Waals surface area contributed by atoms with Gasteiger partial charge in [0.2, 0.25) is 0 Å². The van der Waals surface area contributed by atoms with E-state index in [9.17, 15) is 9.59 Å². The molecule has 0 spiro atoms. The standard InChI is InChI=1S/C7H14N2O3/c1-7(2,5-10)3-4-8-9-6(11)12/h5,8-9H,3-4H2,1-2H3,(H,11,12). The molecule has 0 atom stereocenters. The average molecular weight is 174 g/mol.